The molecular formula is C27H27NO2. The third-order valence-electron chi connectivity index (χ3n) is 6.01. The second kappa shape index (κ2) is 6.94. The average Bonchev–Trinajstić information content (AvgIpc) is 2.72. The zero-order valence-corrected chi connectivity index (χ0v) is 18.0. The quantitative estimate of drug-likeness (QED) is 0.537. The van der Waals surface area contributed by atoms with Crippen LogP contribution in [0.2, 0.25) is 0 Å². The van der Waals surface area contributed by atoms with Crippen LogP contribution >= 0.6 is 0 Å². The van der Waals surface area contributed by atoms with E-state index in [2.05, 4.69) is 74.6 Å². The molecule has 0 aromatic heterocycles. The largest absolute Gasteiger partial charge is 0.496 e. The molecule has 2 heterocycles. The van der Waals surface area contributed by atoms with Crippen LogP contribution in [0, 0.1) is 0 Å². The van der Waals surface area contributed by atoms with Crippen molar-refractivity contribution in [2.75, 3.05) is 12.4 Å². The van der Waals surface area contributed by atoms with Gasteiger partial charge in [0, 0.05) is 23.2 Å². The summed E-state index contributed by atoms with van der Waals surface area (Å²) < 4.78 is 12.4. The van der Waals surface area contributed by atoms with Crippen molar-refractivity contribution in [3.8, 4) is 22.6 Å². The minimum absolute atomic E-state index is 0.0664. The molecule has 2 aliphatic heterocycles. The van der Waals surface area contributed by atoms with Gasteiger partial charge >= 0.3 is 0 Å². The van der Waals surface area contributed by atoms with Gasteiger partial charge in [-0.1, -0.05) is 48.5 Å². The van der Waals surface area contributed by atoms with Gasteiger partial charge < -0.3 is 14.8 Å². The van der Waals surface area contributed by atoms with E-state index in [1.54, 1.807) is 7.11 Å². The van der Waals surface area contributed by atoms with E-state index in [0.717, 1.165) is 23.5 Å². The highest BCUT2D eigenvalue weighted by molar-refractivity contribution is 5.91. The Bertz CT molecular complexity index is 1150. The molecule has 0 saturated carbocycles. The third kappa shape index (κ3) is 3.06. The minimum Gasteiger partial charge on any atom is -0.496 e. The van der Waals surface area contributed by atoms with Crippen LogP contribution in [0.3, 0.4) is 0 Å². The molecule has 1 N–H and O–H groups in total. The molecule has 0 fully saturated rings. The van der Waals surface area contributed by atoms with Crippen molar-refractivity contribution < 1.29 is 9.47 Å². The Balaban J connectivity index is 1.75. The summed E-state index contributed by atoms with van der Waals surface area (Å²) in [4.78, 5) is 0. The van der Waals surface area contributed by atoms with Gasteiger partial charge in [0.25, 0.3) is 0 Å². The van der Waals surface area contributed by atoms with E-state index in [1.165, 1.54) is 33.5 Å². The number of ether oxygens (including phenoxy) is 2. The lowest BCUT2D eigenvalue weighted by molar-refractivity contribution is 0.201. The molecule has 1 atom stereocenters. The maximum Gasteiger partial charge on any atom is 0.131 e. The molecule has 0 spiro atoms. The normalized spacial score (nSPS) is 18.1. The molecular weight excluding hydrogens is 370 g/mol. The van der Waals surface area contributed by atoms with E-state index in [0.29, 0.717) is 0 Å². The molecule has 5 rings (SSSR count). The standard InChI is InChI=1S/C27H27NO2/c1-17-16-27(2,3)28-20-14-13-19-25-21(29-4)11-8-12-22(25)30-23(26(19)24(17)20)15-18-9-6-5-7-10-18/h5-14,16,23,28H,15H2,1-4H3. The Morgan fingerprint density at radius 1 is 0.967 bits per heavy atom. The number of fused-ring (bicyclic) bond motifs is 5. The molecule has 0 radical (unpaired) electrons. The van der Waals surface area contributed by atoms with Crippen molar-refractivity contribution in [3.63, 3.8) is 0 Å². The summed E-state index contributed by atoms with van der Waals surface area (Å²) in [6.45, 7) is 6.61. The van der Waals surface area contributed by atoms with Crippen LogP contribution < -0.4 is 14.8 Å². The van der Waals surface area contributed by atoms with Gasteiger partial charge in [-0.05, 0) is 55.7 Å². The Labute approximate surface area is 178 Å². The summed E-state index contributed by atoms with van der Waals surface area (Å²) in [5.41, 5.74) is 8.37. The van der Waals surface area contributed by atoms with E-state index < -0.39 is 0 Å². The van der Waals surface area contributed by atoms with Crippen LogP contribution in [0.25, 0.3) is 16.7 Å². The van der Waals surface area contributed by atoms with Gasteiger partial charge in [-0.25, -0.2) is 0 Å². The zero-order valence-electron chi connectivity index (χ0n) is 18.0. The van der Waals surface area contributed by atoms with Gasteiger partial charge in [0.05, 0.1) is 18.2 Å². The van der Waals surface area contributed by atoms with Crippen molar-refractivity contribution in [2.24, 2.45) is 0 Å². The predicted octanol–water partition coefficient (Wildman–Crippen LogP) is 6.65. The fourth-order valence-corrected chi connectivity index (χ4v) is 4.93. The summed E-state index contributed by atoms with van der Waals surface area (Å²) in [6.07, 6.45) is 3.06. The molecule has 3 heteroatoms. The molecule has 0 amide bonds. The second-order valence-corrected chi connectivity index (χ2v) is 8.75. The molecule has 3 nitrogen and oxygen atoms in total. The first-order valence-electron chi connectivity index (χ1n) is 10.5. The van der Waals surface area contributed by atoms with E-state index in [4.69, 9.17) is 9.47 Å². The van der Waals surface area contributed by atoms with Gasteiger partial charge in [-0.15, -0.1) is 0 Å². The minimum atomic E-state index is -0.0780. The highest BCUT2D eigenvalue weighted by Crippen LogP contribution is 2.52. The zero-order chi connectivity index (χ0) is 20.9. The van der Waals surface area contributed by atoms with Gasteiger partial charge in [0.15, 0.2) is 0 Å². The number of allylic oxidation sites excluding steroid dienone is 1. The van der Waals surface area contributed by atoms with Crippen molar-refractivity contribution in [3.05, 3.63) is 83.4 Å². The smallest absolute Gasteiger partial charge is 0.131 e. The fourth-order valence-electron chi connectivity index (χ4n) is 4.93. The lowest BCUT2D eigenvalue weighted by Crippen LogP contribution is -2.32. The Kier molecular flexibility index (Phi) is 4.35. The molecule has 0 saturated heterocycles. The van der Waals surface area contributed by atoms with Crippen LogP contribution in [0.1, 0.15) is 43.6 Å². The first-order chi connectivity index (χ1) is 14.5. The topological polar surface area (TPSA) is 30.5 Å². The van der Waals surface area contributed by atoms with Gasteiger partial charge in [0.2, 0.25) is 0 Å². The molecule has 30 heavy (non-hydrogen) atoms. The summed E-state index contributed by atoms with van der Waals surface area (Å²) in [5.74, 6) is 1.73. The molecule has 0 aliphatic carbocycles. The monoisotopic (exact) mass is 397 g/mol. The number of anilines is 1. The summed E-state index contributed by atoms with van der Waals surface area (Å²) >= 11 is 0. The van der Waals surface area contributed by atoms with E-state index in [1.807, 2.05) is 18.2 Å². The fraction of sp³-hybridized carbons (Fsp3) is 0.259. The molecule has 2 aliphatic rings. The number of benzene rings is 3. The molecule has 1 unspecified atom stereocenters. The maximum absolute atomic E-state index is 6.64. The van der Waals surface area contributed by atoms with E-state index >= 15 is 0 Å². The number of nitrogens with one attached hydrogen (secondary N) is 1. The molecule has 152 valence electrons. The summed E-state index contributed by atoms with van der Waals surface area (Å²) in [6, 6.07) is 21.0. The lowest BCUT2D eigenvalue weighted by atomic mass is 9.80. The highest BCUT2D eigenvalue weighted by atomic mass is 16.5. The van der Waals surface area contributed by atoms with Crippen LogP contribution in [-0.4, -0.2) is 12.6 Å². The van der Waals surface area contributed by atoms with Crippen molar-refractivity contribution >= 4 is 11.3 Å². The van der Waals surface area contributed by atoms with E-state index in [9.17, 15) is 0 Å². The Morgan fingerprint density at radius 3 is 2.53 bits per heavy atom. The number of hydrogen-bond acceptors (Lipinski definition) is 3. The average molecular weight is 398 g/mol. The number of hydrogen-bond donors (Lipinski definition) is 1. The van der Waals surface area contributed by atoms with Gasteiger partial charge in [-0.3, -0.25) is 0 Å². The van der Waals surface area contributed by atoms with Crippen LogP contribution in [0.4, 0.5) is 5.69 Å². The van der Waals surface area contributed by atoms with Crippen LogP contribution in [0.5, 0.6) is 11.5 Å². The Morgan fingerprint density at radius 2 is 1.77 bits per heavy atom. The van der Waals surface area contributed by atoms with E-state index in [-0.39, 0.29) is 11.6 Å². The number of rotatable bonds is 3. The third-order valence-corrected chi connectivity index (χ3v) is 6.01. The Hall–Kier alpha value is -3.20. The lowest BCUT2D eigenvalue weighted by Gasteiger charge is -2.37. The summed E-state index contributed by atoms with van der Waals surface area (Å²) in [5, 5.41) is 3.69. The summed E-state index contributed by atoms with van der Waals surface area (Å²) in [7, 11) is 1.72. The predicted molar refractivity (Wildman–Crippen MR) is 123 cm³/mol. The highest BCUT2D eigenvalue weighted by Gasteiger charge is 2.34. The van der Waals surface area contributed by atoms with Crippen molar-refractivity contribution in [1.82, 2.24) is 0 Å². The van der Waals surface area contributed by atoms with Gasteiger partial charge in [0.1, 0.15) is 17.6 Å². The van der Waals surface area contributed by atoms with Crippen LogP contribution in [0.15, 0.2) is 66.7 Å². The first kappa shape index (κ1) is 18.8. The molecule has 3 aromatic rings. The molecule has 0 bridgehead atoms. The second-order valence-electron chi connectivity index (χ2n) is 8.75. The number of methoxy groups -OCH3 is 1. The first-order valence-corrected chi connectivity index (χ1v) is 10.5. The van der Waals surface area contributed by atoms with Gasteiger partial charge in [-0.2, -0.15) is 0 Å². The maximum atomic E-state index is 6.64. The molecule has 3 aromatic carbocycles. The van der Waals surface area contributed by atoms with Crippen molar-refractivity contribution in [2.45, 2.75) is 38.8 Å². The van der Waals surface area contributed by atoms with Crippen LogP contribution in [-0.2, 0) is 6.42 Å². The SMILES string of the molecule is COc1cccc2c1-c1ccc3c(c1C(Cc1ccccc1)O2)C(C)=CC(C)(C)N3. The van der Waals surface area contributed by atoms with Crippen molar-refractivity contribution in [1.29, 1.82) is 0 Å².